The molecule has 0 aliphatic rings. The zero-order valence-electron chi connectivity index (χ0n) is 39.9. The van der Waals surface area contributed by atoms with Crippen LogP contribution >= 0.6 is 0 Å². The number of rotatable bonds is 45. The quantitative estimate of drug-likeness (QED) is 0.0200. The van der Waals surface area contributed by atoms with E-state index in [4.69, 9.17) is 14.2 Å². The summed E-state index contributed by atoms with van der Waals surface area (Å²) in [6.07, 6.45) is 61.7. The summed E-state index contributed by atoms with van der Waals surface area (Å²) in [6, 6.07) is 0. The fourth-order valence-electron chi connectivity index (χ4n) is 6.99. The second-order valence-corrected chi connectivity index (χ2v) is 16.7. The zero-order valence-corrected chi connectivity index (χ0v) is 39.9. The molecule has 0 aliphatic heterocycles. The van der Waals surface area contributed by atoms with Crippen LogP contribution < -0.4 is 0 Å². The number of hydrogen-bond donors (Lipinski definition) is 0. The highest BCUT2D eigenvalue weighted by molar-refractivity contribution is 5.71. The highest BCUT2D eigenvalue weighted by atomic mass is 16.6. The first-order valence-corrected chi connectivity index (χ1v) is 25.5. The van der Waals surface area contributed by atoms with Gasteiger partial charge in [-0.15, -0.1) is 0 Å². The van der Waals surface area contributed by atoms with Gasteiger partial charge >= 0.3 is 17.9 Å². The van der Waals surface area contributed by atoms with Crippen LogP contribution in [0.15, 0.2) is 72.9 Å². The molecule has 61 heavy (non-hydrogen) atoms. The molecule has 0 spiro atoms. The van der Waals surface area contributed by atoms with E-state index in [1.165, 1.54) is 96.3 Å². The van der Waals surface area contributed by atoms with Crippen molar-refractivity contribution in [3.8, 4) is 0 Å². The van der Waals surface area contributed by atoms with Crippen LogP contribution in [0.25, 0.3) is 0 Å². The van der Waals surface area contributed by atoms with Crippen molar-refractivity contribution in [2.24, 2.45) is 0 Å². The molecule has 0 bridgehead atoms. The molecule has 0 amide bonds. The monoisotopic (exact) mass is 851 g/mol. The summed E-state index contributed by atoms with van der Waals surface area (Å²) in [7, 11) is 0. The largest absolute Gasteiger partial charge is 0.462 e. The molecule has 0 aromatic rings. The minimum Gasteiger partial charge on any atom is -0.462 e. The van der Waals surface area contributed by atoms with Crippen LogP contribution in [0, 0.1) is 0 Å². The molecule has 350 valence electrons. The maximum atomic E-state index is 12.8. The van der Waals surface area contributed by atoms with E-state index in [1.807, 2.05) is 0 Å². The van der Waals surface area contributed by atoms with E-state index >= 15 is 0 Å². The van der Waals surface area contributed by atoms with Crippen LogP contribution in [0.5, 0.6) is 0 Å². The molecule has 0 saturated carbocycles. The van der Waals surface area contributed by atoms with E-state index in [2.05, 4.69) is 93.7 Å². The molecule has 0 saturated heterocycles. The summed E-state index contributed by atoms with van der Waals surface area (Å²) in [6.45, 7) is 6.37. The molecule has 1 unspecified atom stereocenters. The maximum absolute atomic E-state index is 12.8. The summed E-state index contributed by atoms with van der Waals surface area (Å²) < 4.78 is 16.8. The molecule has 6 heteroatoms. The number of carbonyl (C=O) groups is 3. The van der Waals surface area contributed by atoms with Crippen molar-refractivity contribution in [2.45, 2.75) is 245 Å². The predicted molar refractivity (Wildman–Crippen MR) is 261 cm³/mol. The van der Waals surface area contributed by atoms with Crippen molar-refractivity contribution in [2.75, 3.05) is 13.2 Å². The minimum absolute atomic E-state index is 0.0871. The first kappa shape index (κ1) is 57.9. The van der Waals surface area contributed by atoms with E-state index in [0.29, 0.717) is 19.3 Å². The molecule has 0 aromatic heterocycles. The molecule has 0 rings (SSSR count). The number of esters is 3. The summed E-state index contributed by atoms with van der Waals surface area (Å²) in [5.41, 5.74) is 0. The Morgan fingerprint density at radius 2 is 0.721 bits per heavy atom. The Bertz CT molecular complexity index is 1160. The van der Waals surface area contributed by atoms with Gasteiger partial charge in [-0.05, 0) is 70.6 Å². The molecule has 0 N–H and O–H groups in total. The van der Waals surface area contributed by atoms with E-state index in [1.54, 1.807) is 0 Å². The second kappa shape index (κ2) is 49.5. The highest BCUT2D eigenvalue weighted by Gasteiger charge is 2.19. The predicted octanol–water partition coefficient (Wildman–Crippen LogP) is 16.6. The van der Waals surface area contributed by atoms with Gasteiger partial charge in [-0.2, -0.15) is 0 Å². The average Bonchev–Trinajstić information content (AvgIpc) is 3.26. The normalized spacial score (nSPS) is 12.6. The Kier molecular flexibility index (Phi) is 46.9. The lowest BCUT2D eigenvalue weighted by molar-refractivity contribution is -0.167. The van der Waals surface area contributed by atoms with Crippen LogP contribution in [0.3, 0.4) is 0 Å². The molecule has 0 radical (unpaired) electrons. The van der Waals surface area contributed by atoms with E-state index in [-0.39, 0.29) is 31.1 Å². The van der Waals surface area contributed by atoms with Crippen LogP contribution in [0.4, 0.5) is 0 Å². The lowest BCUT2D eigenvalue weighted by Crippen LogP contribution is -2.30. The van der Waals surface area contributed by atoms with E-state index in [0.717, 1.165) is 103 Å². The third-order valence-electron chi connectivity index (χ3n) is 10.8. The average molecular weight is 851 g/mol. The Labute approximate surface area is 376 Å². The van der Waals surface area contributed by atoms with Crippen LogP contribution in [-0.2, 0) is 28.6 Å². The summed E-state index contributed by atoms with van der Waals surface area (Å²) >= 11 is 0. The summed E-state index contributed by atoms with van der Waals surface area (Å²) in [4.78, 5) is 38.0. The molecule has 0 aromatic carbocycles. The number of unbranched alkanes of at least 4 members (excludes halogenated alkanes) is 24. The fraction of sp³-hybridized carbons (Fsp3) is 0.727. The van der Waals surface area contributed by atoms with Gasteiger partial charge in [0.2, 0.25) is 0 Å². The highest BCUT2D eigenvalue weighted by Crippen LogP contribution is 2.15. The maximum Gasteiger partial charge on any atom is 0.306 e. The Morgan fingerprint density at radius 1 is 0.361 bits per heavy atom. The molecule has 0 aliphatic carbocycles. The number of hydrogen-bond acceptors (Lipinski definition) is 6. The first-order chi connectivity index (χ1) is 30.0. The van der Waals surface area contributed by atoms with Crippen molar-refractivity contribution >= 4 is 17.9 Å². The third-order valence-corrected chi connectivity index (χ3v) is 10.8. The van der Waals surface area contributed by atoms with Crippen molar-refractivity contribution in [1.82, 2.24) is 0 Å². The first-order valence-electron chi connectivity index (χ1n) is 25.5. The van der Waals surface area contributed by atoms with Gasteiger partial charge in [-0.3, -0.25) is 14.4 Å². The van der Waals surface area contributed by atoms with Gasteiger partial charge in [0.15, 0.2) is 6.10 Å². The number of ether oxygens (including phenoxy) is 3. The standard InChI is InChI=1S/C55H94O6/c1-4-7-10-13-16-19-22-25-28-31-33-36-39-42-45-48-54(57)60-51-52(61-55(58)49-46-43-40-37-34-30-27-24-21-18-15-12-9-6-3)50-59-53(56)47-44-41-38-35-32-29-26-23-20-17-14-11-8-5-2/h7,9-10,12-13,16,18-19,21-22,27,30,52H,4-6,8,11,14-15,17,20,23-26,28-29,31-51H2,1-3H3/b10-7-,12-9-,16-13-,21-18-,22-19-,30-27-. The van der Waals surface area contributed by atoms with Crippen molar-refractivity contribution < 1.29 is 28.6 Å². The van der Waals surface area contributed by atoms with Gasteiger partial charge in [0.05, 0.1) is 0 Å². The van der Waals surface area contributed by atoms with Crippen LogP contribution in [0.1, 0.15) is 239 Å². The van der Waals surface area contributed by atoms with Crippen molar-refractivity contribution in [1.29, 1.82) is 0 Å². The van der Waals surface area contributed by atoms with Gasteiger partial charge in [0.1, 0.15) is 13.2 Å². The van der Waals surface area contributed by atoms with Crippen molar-refractivity contribution in [3.05, 3.63) is 72.9 Å². The third kappa shape index (κ3) is 47.7. The van der Waals surface area contributed by atoms with Gasteiger partial charge in [-0.25, -0.2) is 0 Å². The van der Waals surface area contributed by atoms with Gasteiger partial charge < -0.3 is 14.2 Å². The number of carbonyl (C=O) groups excluding carboxylic acids is 3. The van der Waals surface area contributed by atoms with Gasteiger partial charge in [-0.1, -0.05) is 222 Å². The molecular formula is C55H94O6. The Morgan fingerprint density at radius 3 is 1.18 bits per heavy atom. The number of allylic oxidation sites excluding steroid dienone is 12. The van der Waals surface area contributed by atoms with E-state index in [9.17, 15) is 14.4 Å². The van der Waals surface area contributed by atoms with Crippen LogP contribution in [-0.4, -0.2) is 37.2 Å². The lowest BCUT2D eigenvalue weighted by Gasteiger charge is -2.18. The molecule has 0 heterocycles. The Balaban J connectivity index is 4.42. The zero-order chi connectivity index (χ0) is 44.4. The molecular weight excluding hydrogens is 757 g/mol. The fourth-order valence-corrected chi connectivity index (χ4v) is 6.99. The molecule has 0 fully saturated rings. The smallest absolute Gasteiger partial charge is 0.306 e. The lowest BCUT2D eigenvalue weighted by atomic mass is 10.0. The minimum atomic E-state index is -0.789. The van der Waals surface area contributed by atoms with Crippen LogP contribution in [0.2, 0.25) is 0 Å². The molecule has 1 atom stereocenters. The second-order valence-electron chi connectivity index (χ2n) is 16.7. The van der Waals surface area contributed by atoms with E-state index < -0.39 is 6.10 Å². The topological polar surface area (TPSA) is 78.9 Å². The summed E-state index contributed by atoms with van der Waals surface area (Å²) in [5, 5.41) is 0. The van der Waals surface area contributed by atoms with Crippen molar-refractivity contribution in [3.63, 3.8) is 0 Å². The SMILES string of the molecule is CC\C=C/C=C\C=C/CCCCCCCCCC(=O)OCC(COC(=O)CCCCCCCCCCCCCCCC)OC(=O)CCCCCC/C=C\C/C=C\C/C=C\CC. The van der Waals surface area contributed by atoms with Gasteiger partial charge in [0.25, 0.3) is 0 Å². The summed E-state index contributed by atoms with van der Waals surface area (Å²) in [5.74, 6) is -0.920. The van der Waals surface area contributed by atoms with Gasteiger partial charge in [0, 0.05) is 19.3 Å². The Hall–Kier alpha value is -3.15. The molecule has 6 nitrogen and oxygen atoms in total.